The molecule has 0 aliphatic heterocycles. The van der Waals surface area contributed by atoms with Crippen molar-refractivity contribution in [2.24, 2.45) is 5.92 Å². The highest BCUT2D eigenvalue weighted by atomic mass is 19.1. The Hall–Kier alpha value is -2.74. The summed E-state index contributed by atoms with van der Waals surface area (Å²) in [5.74, 6) is 0.435. The Morgan fingerprint density at radius 2 is 2.15 bits per heavy atom. The van der Waals surface area contributed by atoms with Gasteiger partial charge in [-0.25, -0.2) is 9.07 Å². The predicted octanol–water partition coefficient (Wildman–Crippen LogP) is 2.12. The Kier molecular flexibility index (Phi) is 4.22. The van der Waals surface area contributed by atoms with E-state index in [1.54, 1.807) is 36.7 Å². The van der Waals surface area contributed by atoms with Crippen LogP contribution in [0.1, 0.15) is 35.7 Å². The number of benzene rings is 1. The van der Waals surface area contributed by atoms with E-state index in [0.717, 1.165) is 18.4 Å². The van der Waals surface area contributed by atoms with Gasteiger partial charge in [-0.05, 0) is 42.9 Å². The fourth-order valence-electron chi connectivity index (χ4n) is 3.44. The zero-order valence-electron chi connectivity index (χ0n) is 15.5. The second kappa shape index (κ2) is 6.45. The first kappa shape index (κ1) is 17.7. The summed E-state index contributed by atoms with van der Waals surface area (Å²) in [6.07, 6.45) is 2.00. The maximum Gasteiger partial charge on any atom is 0.263 e. The number of nitrogens with one attached hydrogen (secondary N) is 1. The van der Waals surface area contributed by atoms with Crippen LogP contribution in [0.3, 0.4) is 0 Å². The molecule has 1 unspecified atom stereocenters. The van der Waals surface area contributed by atoms with Gasteiger partial charge in [0.25, 0.3) is 5.56 Å². The van der Waals surface area contributed by atoms with Crippen LogP contribution in [0.15, 0.2) is 23.0 Å². The number of nitrogens with zero attached hydrogens (tertiary/aromatic N) is 4. The fourth-order valence-corrected chi connectivity index (χ4v) is 3.44. The summed E-state index contributed by atoms with van der Waals surface area (Å²) in [4.78, 5) is 21.6. The fraction of sp³-hybridized carbons (Fsp3) is 0.421. The molecule has 0 saturated heterocycles. The second-order valence-corrected chi connectivity index (χ2v) is 7.32. The smallest absolute Gasteiger partial charge is 0.263 e. The van der Waals surface area contributed by atoms with E-state index in [1.165, 1.54) is 6.07 Å². The number of aliphatic hydroxyl groups is 1. The molecule has 1 aliphatic rings. The van der Waals surface area contributed by atoms with Gasteiger partial charge < -0.3 is 10.0 Å². The molecule has 2 heterocycles. The number of hydrogen-bond acceptors (Lipinski definition) is 5. The highest BCUT2D eigenvalue weighted by molar-refractivity contribution is 5.78. The minimum Gasteiger partial charge on any atom is -0.390 e. The molecule has 2 aromatic heterocycles. The van der Waals surface area contributed by atoms with E-state index in [0.29, 0.717) is 23.1 Å². The van der Waals surface area contributed by atoms with Crippen LogP contribution >= 0.6 is 0 Å². The van der Waals surface area contributed by atoms with Crippen molar-refractivity contribution < 1.29 is 9.50 Å². The number of anilines is 1. The third-order valence-electron chi connectivity index (χ3n) is 5.06. The van der Waals surface area contributed by atoms with E-state index in [1.807, 2.05) is 6.07 Å². The van der Waals surface area contributed by atoms with Gasteiger partial charge in [-0.15, -0.1) is 0 Å². The standard InChI is InChI=1S/C19H22FN5O2/c1-10-4-5-12(8-13(10)20)16(11-6-7-11)25-17-15(14(9-26)23-25)18(27)22-19(21-17)24(2)3/h4-5,8,11,16,26H,6-7,9H2,1-3H3,(H,21,22,27). The van der Waals surface area contributed by atoms with Crippen LogP contribution in [-0.2, 0) is 6.61 Å². The molecule has 0 bridgehead atoms. The predicted molar refractivity (Wildman–Crippen MR) is 100 cm³/mol. The van der Waals surface area contributed by atoms with Crippen molar-refractivity contribution in [2.45, 2.75) is 32.4 Å². The van der Waals surface area contributed by atoms with Gasteiger partial charge >= 0.3 is 0 Å². The van der Waals surface area contributed by atoms with Crippen molar-refractivity contribution in [3.63, 3.8) is 0 Å². The third kappa shape index (κ3) is 2.99. The van der Waals surface area contributed by atoms with Crippen molar-refractivity contribution in [1.82, 2.24) is 19.7 Å². The number of halogens is 1. The average molecular weight is 371 g/mol. The summed E-state index contributed by atoms with van der Waals surface area (Å²) in [6, 6.07) is 4.95. The molecule has 0 radical (unpaired) electrons. The Morgan fingerprint density at radius 1 is 1.41 bits per heavy atom. The minimum absolute atomic E-state index is 0.229. The molecule has 1 atom stereocenters. The summed E-state index contributed by atoms with van der Waals surface area (Å²) in [7, 11) is 3.57. The lowest BCUT2D eigenvalue weighted by molar-refractivity contribution is 0.275. The maximum atomic E-state index is 14.2. The lowest BCUT2D eigenvalue weighted by atomic mass is 10.0. The molecule has 2 N–H and O–H groups in total. The number of hydrogen-bond donors (Lipinski definition) is 2. The number of rotatable bonds is 5. The zero-order chi connectivity index (χ0) is 19.3. The largest absolute Gasteiger partial charge is 0.390 e. The molecule has 1 saturated carbocycles. The monoisotopic (exact) mass is 371 g/mol. The summed E-state index contributed by atoms with van der Waals surface area (Å²) < 4.78 is 15.9. The molecule has 8 heteroatoms. The van der Waals surface area contributed by atoms with Crippen molar-refractivity contribution in [1.29, 1.82) is 0 Å². The summed E-state index contributed by atoms with van der Waals surface area (Å²) in [5.41, 5.74) is 1.72. The molecule has 142 valence electrons. The van der Waals surface area contributed by atoms with E-state index in [-0.39, 0.29) is 35.1 Å². The number of aliphatic hydroxyl groups excluding tert-OH is 1. The number of aromatic nitrogens is 4. The second-order valence-electron chi connectivity index (χ2n) is 7.32. The van der Waals surface area contributed by atoms with Crippen molar-refractivity contribution in [3.8, 4) is 0 Å². The molecule has 1 fully saturated rings. The Labute approximate surface area is 155 Å². The Morgan fingerprint density at radius 3 is 2.74 bits per heavy atom. The number of H-pyrrole nitrogens is 1. The van der Waals surface area contributed by atoms with Gasteiger partial charge in [-0.3, -0.25) is 9.78 Å². The molecular weight excluding hydrogens is 349 g/mol. The highest BCUT2D eigenvalue weighted by Crippen LogP contribution is 2.44. The lowest BCUT2D eigenvalue weighted by Crippen LogP contribution is -2.21. The van der Waals surface area contributed by atoms with Crippen LogP contribution in [0, 0.1) is 18.7 Å². The van der Waals surface area contributed by atoms with Gasteiger partial charge in [0.1, 0.15) is 16.9 Å². The molecule has 0 spiro atoms. The van der Waals surface area contributed by atoms with Gasteiger partial charge in [0.15, 0.2) is 5.65 Å². The molecule has 4 rings (SSSR count). The molecule has 7 nitrogen and oxygen atoms in total. The molecule has 0 amide bonds. The first-order valence-corrected chi connectivity index (χ1v) is 8.96. The zero-order valence-corrected chi connectivity index (χ0v) is 15.5. The topological polar surface area (TPSA) is 87.0 Å². The van der Waals surface area contributed by atoms with Crippen LogP contribution in [0.5, 0.6) is 0 Å². The normalized spacial score (nSPS) is 15.3. The van der Waals surface area contributed by atoms with Gasteiger partial charge in [0.2, 0.25) is 5.95 Å². The highest BCUT2D eigenvalue weighted by Gasteiger charge is 2.36. The number of aryl methyl sites for hydroxylation is 1. The minimum atomic E-state index is -0.366. The van der Waals surface area contributed by atoms with Crippen molar-refractivity contribution >= 4 is 17.0 Å². The number of fused-ring (bicyclic) bond motifs is 1. The van der Waals surface area contributed by atoms with Crippen LogP contribution in [0.2, 0.25) is 0 Å². The van der Waals surface area contributed by atoms with Crippen LogP contribution in [0.25, 0.3) is 11.0 Å². The van der Waals surface area contributed by atoms with Gasteiger partial charge in [-0.2, -0.15) is 10.1 Å². The summed E-state index contributed by atoms with van der Waals surface area (Å²) >= 11 is 0. The average Bonchev–Trinajstić information content (AvgIpc) is 3.39. The maximum absolute atomic E-state index is 14.2. The van der Waals surface area contributed by atoms with E-state index in [2.05, 4.69) is 15.1 Å². The lowest BCUT2D eigenvalue weighted by Gasteiger charge is -2.19. The molecule has 27 heavy (non-hydrogen) atoms. The van der Waals surface area contributed by atoms with Crippen LogP contribution < -0.4 is 10.5 Å². The Bertz CT molecular complexity index is 1070. The van der Waals surface area contributed by atoms with E-state index < -0.39 is 0 Å². The van der Waals surface area contributed by atoms with Gasteiger partial charge in [0, 0.05) is 14.1 Å². The van der Waals surface area contributed by atoms with E-state index in [9.17, 15) is 14.3 Å². The first-order chi connectivity index (χ1) is 12.9. The van der Waals surface area contributed by atoms with Crippen LogP contribution in [-0.4, -0.2) is 39.0 Å². The molecule has 1 aliphatic carbocycles. The van der Waals surface area contributed by atoms with E-state index in [4.69, 9.17) is 0 Å². The third-order valence-corrected chi connectivity index (χ3v) is 5.06. The first-order valence-electron chi connectivity index (χ1n) is 8.96. The van der Waals surface area contributed by atoms with Crippen LogP contribution in [0.4, 0.5) is 10.3 Å². The number of aromatic amines is 1. The van der Waals surface area contributed by atoms with Gasteiger partial charge in [-0.1, -0.05) is 12.1 Å². The molecule has 3 aromatic rings. The van der Waals surface area contributed by atoms with E-state index >= 15 is 0 Å². The van der Waals surface area contributed by atoms with Crippen molar-refractivity contribution in [3.05, 3.63) is 51.2 Å². The summed E-state index contributed by atoms with van der Waals surface area (Å²) in [5, 5.41) is 14.5. The summed E-state index contributed by atoms with van der Waals surface area (Å²) in [6.45, 7) is 1.36. The van der Waals surface area contributed by atoms with Gasteiger partial charge in [0.05, 0.1) is 12.6 Å². The molecule has 1 aromatic carbocycles. The molecular formula is C19H22FN5O2. The van der Waals surface area contributed by atoms with Crippen molar-refractivity contribution in [2.75, 3.05) is 19.0 Å². The Balaban J connectivity index is 1.97. The SMILES string of the molecule is Cc1ccc(C(C2CC2)n2nc(CO)c3c(=O)[nH]c(N(C)C)nc32)cc1F. The quantitative estimate of drug-likeness (QED) is 0.717.